The van der Waals surface area contributed by atoms with Gasteiger partial charge in [0.15, 0.2) is 0 Å². The zero-order valence-corrected chi connectivity index (χ0v) is 14.7. The summed E-state index contributed by atoms with van der Waals surface area (Å²) in [6.07, 6.45) is 4.42. The van der Waals surface area contributed by atoms with Gasteiger partial charge in [0, 0.05) is 31.6 Å². The molecule has 2 rings (SSSR count). The van der Waals surface area contributed by atoms with Crippen LogP contribution in [0.3, 0.4) is 0 Å². The summed E-state index contributed by atoms with van der Waals surface area (Å²) >= 11 is 1.88. The Balaban J connectivity index is 1.93. The average Bonchev–Trinajstić information content (AvgIpc) is 2.53. The first kappa shape index (κ1) is 16.7. The summed E-state index contributed by atoms with van der Waals surface area (Å²) < 4.78 is 0. The molecule has 0 aliphatic heterocycles. The first-order chi connectivity index (χ1) is 10.6. The number of hydrogen-bond acceptors (Lipinski definition) is 2. The molecule has 0 aromatic heterocycles. The van der Waals surface area contributed by atoms with Gasteiger partial charge in [0.05, 0.1) is 11.9 Å². The largest absolute Gasteiger partial charge is 0.378 e. The molecule has 0 fully saturated rings. The lowest BCUT2D eigenvalue weighted by atomic mass is 10.2. The second kappa shape index (κ2) is 8.06. The van der Waals surface area contributed by atoms with E-state index in [4.69, 9.17) is 0 Å². The Morgan fingerprint density at radius 3 is 2.45 bits per heavy atom. The number of nitrogens with zero attached hydrogens (tertiary/aromatic N) is 1. The van der Waals surface area contributed by atoms with Crippen molar-refractivity contribution in [3.8, 4) is 0 Å². The molecule has 2 aromatic carbocycles. The zero-order valence-electron chi connectivity index (χ0n) is 13.8. The molecule has 0 amide bonds. The number of benzene rings is 2. The number of anilines is 1. The summed E-state index contributed by atoms with van der Waals surface area (Å²) in [5, 5.41) is 2.18. The van der Waals surface area contributed by atoms with Crippen LogP contribution in [0.5, 0.6) is 0 Å². The highest BCUT2D eigenvalue weighted by Gasteiger charge is 2.04. The molecular formula is C19H25N2S+. The van der Waals surface area contributed by atoms with E-state index in [1.807, 2.05) is 11.8 Å². The van der Waals surface area contributed by atoms with Crippen molar-refractivity contribution in [1.29, 1.82) is 0 Å². The highest BCUT2D eigenvalue weighted by molar-refractivity contribution is 7.99. The topological polar surface area (TPSA) is 19.9 Å². The number of rotatable bonds is 6. The highest BCUT2D eigenvalue weighted by atomic mass is 32.2. The fraction of sp³-hybridized carbons (Fsp3) is 0.263. The van der Waals surface area contributed by atoms with E-state index >= 15 is 0 Å². The third-order valence-electron chi connectivity index (χ3n) is 3.53. The summed E-state index contributed by atoms with van der Waals surface area (Å²) in [6.45, 7) is 2.14. The number of aryl methyl sites for hydroxylation is 1. The van der Waals surface area contributed by atoms with Crippen LogP contribution in [0.2, 0.25) is 0 Å². The van der Waals surface area contributed by atoms with E-state index in [-0.39, 0.29) is 0 Å². The van der Waals surface area contributed by atoms with E-state index in [0.29, 0.717) is 0 Å². The van der Waals surface area contributed by atoms with Gasteiger partial charge >= 0.3 is 0 Å². The molecule has 0 aliphatic carbocycles. The molecule has 0 bridgehead atoms. The van der Waals surface area contributed by atoms with Gasteiger partial charge in [-0.25, -0.2) is 0 Å². The maximum atomic E-state index is 2.24. The normalized spacial score (nSPS) is 11.1. The molecule has 2 N–H and O–H groups in total. The van der Waals surface area contributed by atoms with E-state index in [1.165, 1.54) is 27.4 Å². The standard InChI is InChI=1S/C19H24N2S/c1-15-7-12-19(18(14-15)20-2)22-13-5-6-16-8-10-17(11-9-16)21(3)4/h5-12,14,20H,13H2,1-4H3/p+1/b6-5+. The van der Waals surface area contributed by atoms with E-state index in [0.717, 1.165) is 5.75 Å². The minimum absolute atomic E-state index is 0.985. The average molecular weight is 313 g/mol. The maximum absolute atomic E-state index is 2.24. The third-order valence-corrected chi connectivity index (χ3v) is 4.57. The van der Waals surface area contributed by atoms with Gasteiger partial charge in [0.2, 0.25) is 0 Å². The van der Waals surface area contributed by atoms with Crippen molar-refractivity contribution in [3.05, 3.63) is 59.7 Å². The Morgan fingerprint density at radius 2 is 1.82 bits per heavy atom. The van der Waals surface area contributed by atoms with Gasteiger partial charge in [-0.2, -0.15) is 0 Å². The van der Waals surface area contributed by atoms with Crippen LogP contribution in [0.25, 0.3) is 6.08 Å². The minimum atomic E-state index is 0.985. The number of thioether (sulfide) groups is 1. The SMILES string of the molecule is C[NH2+]c1cc(C)ccc1SC/C=C/c1ccc(N(C)C)cc1. The van der Waals surface area contributed by atoms with E-state index in [2.05, 4.69) is 92.9 Å². The summed E-state index contributed by atoms with van der Waals surface area (Å²) in [4.78, 5) is 3.46. The zero-order chi connectivity index (χ0) is 15.9. The molecule has 0 atom stereocenters. The van der Waals surface area contributed by atoms with E-state index in [1.54, 1.807) is 0 Å². The van der Waals surface area contributed by atoms with Crippen molar-refractivity contribution >= 4 is 29.2 Å². The number of nitrogens with two attached hydrogens (primary N) is 1. The third kappa shape index (κ3) is 4.65. The summed E-state index contributed by atoms with van der Waals surface area (Å²) in [7, 11) is 6.22. The van der Waals surface area contributed by atoms with Crippen LogP contribution < -0.4 is 10.2 Å². The Kier molecular flexibility index (Phi) is 6.10. The lowest BCUT2D eigenvalue weighted by Crippen LogP contribution is -2.73. The molecule has 2 nitrogen and oxygen atoms in total. The number of hydrogen-bond donors (Lipinski definition) is 1. The predicted octanol–water partition coefficient (Wildman–Crippen LogP) is 3.69. The monoisotopic (exact) mass is 313 g/mol. The van der Waals surface area contributed by atoms with Gasteiger partial charge in [-0.3, -0.25) is 0 Å². The molecular weight excluding hydrogens is 288 g/mol. The fourth-order valence-electron chi connectivity index (χ4n) is 2.23. The van der Waals surface area contributed by atoms with Crippen LogP contribution in [-0.4, -0.2) is 26.9 Å². The molecule has 116 valence electrons. The van der Waals surface area contributed by atoms with Crippen molar-refractivity contribution < 1.29 is 5.32 Å². The van der Waals surface area contributed by atoms with Gasteiger partial charge < -0.3 is 10.2 Å². The summed E-state index contributed by atoms with van der Waals surface area (Å²) in [6, 6.07) is 15.3. The molecule has 3 heteroatoms. The Bertz CT molecular complexity index is 630. The lowest BCUT2D eigenvalue weighted by Gasteiger charge is -2.11. The van der Waals surface area contributed by atoms with Crippen LogP contribution in [0, 0.1) is 6.92 Å². The molecule has 0 heterocycles. The second-order valence-electron chi connectivity index (χ2n) is 5.53. The van der Waals surface area contributed by atoms with E-state index < -0.39 is 0 Å². The predicted molar refractivity (Wildman–Crippen MR) is 99.2 cm³/mol. The molecule has 0 spiro atoms. The first-order valence-electron chi connectivity index (χ1n) is 7.57. The quantitative estimate of drug-likeness (QED) is 0.648. The van der Waals surface area contributed by atoms with Crippen molar-refractivity contribution in [3.63, 3.8) is 0 Å². The van der Waals surface area contributed by atoms with Gasteiger partial charge in [0.25, 0.3) is 0 Å². The van der Waals surface area contributed by atoms with Crippen LogP contribution in [-0.2, 0) is 0 Å². The smallest absolute Gasteiger partial charge is 0.143 e. The van der Waals surface area contributed by atoms with Gasteiger partial charge in [0.1, 0.15) is 5.69 Å². The van der Waals surface area contributed by atoms with Crippen molar-refractivity contribution in [1.82, 2.24) is 0 Å². The molecule has 0 saturated heterocycles. The molecule has 22 heavy (non-hydrogen) atoms. The molecule has 0 unspecified atom stereocenters. The van der Waals surface area contributed by atoms with Crippen LogP contribution in [0.1, 0.15) is 11.1 Å². The second-order valence-corrected chi connectivity index (χ2v) is 6.59. The maximum Gasteiger partial charge on any atom is 0.143 e. The molecule has 0 radical (unpaired) electrons. The number of quaternary nitrogens is 1. The van der Waals surface area contributed by atoms with Crippen LogP contribution >= 0.6 is 11.8 Å². The van der Waals surface area contributed by atoms with Gasteiger partial charge in [-0.1, -0.05) is 30.4 Å². The van der Waals surface area contributed by atoms with Crippen LogP contribution in [0.4, 0.5) is 11.4 Å². The van der Waals surface area contributed by atoms with Gasteiger partial charge in [-0.05, 0) is 36.2 Å². The molecule has 0 aliphatic rings. The molecule has 2 aromatic rings. The Morgan fingerprint density at radius 1 is 1.09 bits per heavy atom. The summed E-state index contributed by atoms with van der Waals surface area (Å²) in [5.74, 6) is 0.985. The van der Waals surface area contributed by atoms with Crippen molar-refractivity contribution in [2.45, 2.75) is 11.8 Å². The van der Waals surface area contributed by atoms with E-state index in [9.17, 15) is 0 Å². The van der Waals surface area contributed by atoms with Crippen LogP contribution in [0.15, 0.2) is 53.4 Å². The Hall–Kier alpha value is -1.71. The lowest BCUT2D eigenvalue weighted by molar-refractivity contribution is -0.541. The molecule has 0 saturated carbocycles. The van der Waals surface area contributed by atoms with Gasteiger partial charge in [-0.15, -0.1) is 11.8 Å². The first-order valence-corrected chi connectivity index (χ1v) is 8.55. The highest BCUT2D eigenvalue weighted by Crippen LogP contribution is 2.25. The summed E-state index contributed by atoms with van der Waals surface area (Å²) in [5.41, 5.74) is 5.12. The fourth-order valence-corrected chi connectivity index (χ4v) is 3.11. The van der Waals surface area contributed by atoms with Crippen molar-refractivity contribution in [2.24, 2.45) is 0 Å². The van der Waals surface area contributed by atoms with Crippen molar-refractivity contribution in [2.75, 3.05) is 31.8 Å². The Labute approximate surface area is 138 Å². The minimum Gasteiger partial charge on any atom is -0.378 e.